The predicted molar refractivity (Wildman–Crippen MR) is 76.6 cm³/mol. The first-order valence-corrected chi connectivity index (χ1v) is 6.55. The minimum Gasteiger partial charge on any atom is -0.397 e. The van der Waals surface area contributed by atoms with Crippen LogP contribution in [0, 0.1) is 5.41 Å². The standard InChI is InChI=1S/C15H19N3/c1-15(7-3-8-15)10-18-13-6-9-17-14-11(13)4-2-5-12(14)16/h2,4-6,9H,3,7-8,10,16H2,1H3,(H,17,18). The molecule has 1 aliphatic rings. The van der Waals surface area contributed by atoms with Crippen molar-refractivity contribution >= 4 is 22.3 Å². The molecule has 2 aromatic rings. The van der Waals surface area contributed by atoms with Crippen LogP contribution in [0.15, 0.2) is 30.5 Å². The van der Waals surface area contributed by atoms with Gasteiger partial charge in [-0.25, -0.2) is 0 Å². The van der Waals surface area contributed by atoms with E-state index in [4.69, 9.17) is 5.73 Å². The number of nitrogen functional groups attached to an aromatic ring is 1. The van der Waals surface area contributed by atoms with E-state index in [1.807, 2.05) is 24.4 Å². The van der Waals surface area contributed by atoms with Crippen molar-refractivity contribution in [3.05, 3.63) is 30.5 Å². The molecule has 3 heteroatoms. The molecule has 18 heavy (non-hydrogen) atoms. The molecule has 0 spiro atoms. The molecule has 3 nitrogen and oxygen atoms in total. The molecule has 3 N–H and O–H groups in total. The minimum absolute atomic E-state index is 0.468. The molecule has 0 aliphatic heterocycles. The maximum absolute atomic E-state index is 5.95. The van der Waals surface area contributed by atoms with Crippen molar-refractivity contribution in [2.24, 2.45) is 5.41 Å². The van der Waals surface area contributed by atoms with Gasteiger partial charge in [0.15, 0.2) is 0 Å². The maximum Gasteiger partial charge on any atom is 0.0951 e. The zero-order chi connectivity index (χ0) is 12.6. The van der Waals surface area contributed by atoms with E-state index in [0.29, 0.717) is 5.41 Å². The Morgan fingerprint density at radius 1 is 1.33 bits per heavy atom. The summed E-state index contributed by atoms with van der Waals surface area (Å²) in [7, 11) is 0. The number of para-hydroxylation sites is 1. The Bertz CT molecular complexity index is 573. The second-order valence-electron chi connectivity index (χ2n) is 5.62. The molecule has 3 rings (SSSR count). The van der Waals surface area contributed by atoms with Crippen LogP contribution in [-0.2, 0) is 0 Å². The zero-order valence-corrected chi connectivity index (χ0v) is 10.7. The fourth-order valence-corrected chi connectivity index (χ4v) is 2.62. The van der Waals surface area contributed by atoms with Gasteiger partial charge in [-0.05, 0) is 30.4 Å². The summed E-state index contributed by atoms with van der Waals surface area (Å²) >= 11 is 0. The van der Waals surface area contributed by atoms with Crippen molar-refractivity contribution in [3.8, 4) is 0 Å². The monoisotopic (exact) mass is 241 g/mol. The van der Waals surface area contributed by atoms with E-state index in [0.717, 1.165) is 28.8 Å². The van der Waals surface area contributed by atoms with Gasteiger partial charge in [-0.15, -0.1) is 0 Å². The average molecular weight is 241 g/mol. The molecule has 0 unspecified atom stereocenters. The molecule has 1 saturated carbocycles. The van der Waals surface area contributed by atoms with Gasteiger partial charge in [0.05, 0.1) is 11.2 Å². The van der Waals surface area contributed by atoms with Crippen LogP contribution in [0.2, 0.25) is 0 Å². The van der Waals surface area contributed by atoms with E-state index >= 15 is 0 Å². The lowest BCUT2D eigenvalue weighted by Crippen LogP contribution is -2.33. The van der Waals surface area contributed by atoms with Crippen LogP contribution in [0.4, 0.5) is 11.4 Å². The fraction of sp³-hybridized carbons (Fsp3) is 0.400. The number of nitrogens with one attached hydrogen (secondary N) is 1. The van der Waals surface area contributed by atoms with Crippen molar-refractivity contribution in [1.82, 2.24) is 4.98 Å². The molecule has 0 amide bonds. The van der Waals surface area contributed by atoms with Gasteiger partial charge >= 0.3 is 0 Å². The van der Waals surface area contributed by atoms with Gasteiger partial charge in [0.1, 0.15) is 0 Å². The topological polar surface area (TPSA) is 50.9 Å². The Morgan fingerprint density at radius 2 is 2.17 bits per heavy atom. The smallest absolute Gasteiger partial charge is 0.0951 e. The van der Waals surface area contributed by atoms with Crippen molar-refractivity contribution in [1.29, 1.82) is 0 Å². The summed E-state index contributed by atoms with van der Waals surface area (Å²) in [6, 6.07) is 7.98. The van der Waals surface area contributed by atoms with E-state index in [-0.39, 0.29) is 0 Å². The molecule has 1 heterocycles. The number of pyridine rings is 1. The summed E-state index contributed by atoms with van der Waals surface area (Å²) in [4.78, 5) is 4.35. The molecule has 94 valence electrons. The van der Waals surface area contributed by atoms with E-state index in [1.165, 1.54) is 19.3 Å². The third-order valence-electron chi connectivity index (χ3n) is 4.07. The summed E-state index contributed by atoms with van der Waals surface area (Å²) < 4.78 is 0. The SMILES string of the molecule is CC1(CNc2ccnc3c(N)cccc23)CCC1. The lowest BCUT2D eigenvalue weighted by Gasteiger charge is -2.38. The molecule has 1 aliphatic carbocycles. The Balaban J connectivity index is 1.89. The van der Waals surface area contributed by atoms with E-state index in [2.05, 4.69) is 23.3 Å². The van der Waals surface area contributed by atoms with Gasteiger partial charge in [0, 0.05) is 23.8 Å². The molecule has 0 radical (unpaired) electrons. The average Bonchev–Trinajstić information content (AvgIpc) is 2.35. The number of fused-ring (bicyclic) bond motifs is 1. The van der Waals surface area contributed by atoms with E-state index < -0.39 is 0 Å². The van der Waals surface area contributed by atoms with Crippen LogP contribution in [0.3, 0.4) is 0 Å². The van der Waals surface area contributed by atoms with Gasteiger partial charge in [-0.1, -0.05) is 25.5 Å². The van der Waals surface area contributed by atoms with Gasteiger partial charge in [-0.3, -0.25) is 4.98 Å². The second kappa shape index (κ2) is 4.16. The number of benzene rings is 1. The number of nitrogens with zero attached hydrogens (tertiary/aromatic N) is 1. The van der Waals surface area contributed by atoms with Crippen molar-refractivity contribution < 1.29 is 0 Å². The van der Waals surface area contributed by atoms with Crippen LogP contribution >= 0.6 is 0 Å². The van der Waals surface area contributed by atoms with E-state index in [1.54, 1.807) is 0 Å². The highest BCUT2D eigenvalue weighted by molar-refractivity contribution is 5.97. The maximum atomic E-state index is 5.95. The number of rotatable bonds is 3. The van der Waals surface area contributed by atoms with Crippen molar-refractivity contribution in [2.75, 3.05) is 17.6 Å². The number of aromatic nitrogens is 1. The molecule has 1 aromatic heterocycles. The molecule has 0 saturated heterocycles. The number of hydrogen-bond donors (Lipinski definition) is 2. The number of anilines is 2. The van der Waals surface area contributed by atoms with Gasteiger partial charge in [-0.2, -0.15) is 0 Å². The third kappa shape index (κ3) is 1.90. The second-order valence-corrected chi connectivity index (χ2v) is 5.62. The first kappa shape index (κ1) is 11.3. The molecule has 0 bridgehead atoms. The van der Waals surface area contributed by atoms with Crippen molar-refractivity contribution in [3.63, 3.8) is 0 Å². The highest BCUT2D eigenvalue weighted by atomic mass is 14.9. The molecular weight excluding hydrogens is 222 g/mol. The normalized spacial score (nSPS) is 17.4. The summed E-state index contributed by atoms with van der Waals surface area (Å²) in [6.45, 7) is 3.38. The van der Waals surface area contributed by atoms with Crippen LogP contribution in [0.5, 0.6) is 0 Å². The van der Waals surface area contributed by atoms with Crippen LogP contribution in [0.25, 0.3) is 10.9 Å². The van der Waals surface area contributed by atoms with E-state index in [9.17, 15) is 0 Å². The first-order valence-electron chi connectivity index (χ1n) is 6.55. The minimum atomic E-state index is 0.468. The predicted octanol–water partition coefficient (Wildman–Crippen LogP) is 3.42. The fourth-order valence-electron chi connectivity index (χ4n) is 2.62. The van der Waals surface area contributed by atoms with Crippen LogP contribution in [0.1, 0.15) is 26.2 Å². The summed E-state index contributed by atoms with van der Waals surface area (Å²) in [5.74, 6) is 0. The summed E-state index contributed by atoms with van der Waals surface area (Å²) in [6.07, 6.45) is 5.84. The molecule has 1 aromatic carbocycles. The van der Waals surface area contributed by atoms with Crippen LogP contribution in [-0.4, -0.2) is 11.5 Å². The van der Waals surface area contributed by atoms with Gasteiger partial charge in [0.2, 0.25) is 0 Å². The summed E-state index contributed by atoms with van der Waals surface area (Å²) in [5, 5.41) is 4.67. The Kier molecular flexibility index (Phi) is 2.62. The lowest BCUT2D eigenvalue weighted by atomic mass is 9.70. The third-order valence-corrected chi connectivity index (χ3v) is 4.07. The highest BCUT2D eigenvalue weighted by Gasteiger charge is 2.31. The van der Waals surface area contributed by atoms with Crippen molar-refractivity contribution in [2.45, 2.75) is 26.2 Å². The quantitative estimate of drug-likeness (QED) is 0.809. The highest BCUT2D eigenvalue weighted by Crippen LogP contribution is 2.40. The molecule has 1 fully saturated rings. The Hall–Kier alpha value is -1.77. The number of hydrogen-bond acceptors (Lipinski definition) is 3. The Morgan fingerprint density at radius 3 is 2.89 bits per heavy atom. The molecule has 0 atom stereocenters. The largest absolute Gasteiger partial charge is 0.397 e. The Labute approximate surface area is 107 Å². The molecular formula is C15H19N3. The summed E-state index contributed by atoms with van der Waals surface area (Å²) in [5.41, 5.74) is 9.19. The lowest BCUT2D eigenvalue weighted by molar-refractivity contribution is 0.180. The van der Waals surface area contributed by atoms with Gasteiger partial charge in [0.25, 0.3) is 0 Å². The van der Waals surface area contributed by atoms with Crippen LogP contribution < -0.4 is 11.1 Å². The zero-order valence-electron chi connectivity index (χ0n) is 10.7. The first-order chi connectivity index (χ1) is 8.68. The number of nitrogens with two attached hydrogens (primary N) is 1. The van der Waals surface area contributed by atoms with Gasteiger partial charge < -0.3 is 11.1 Å².